The predicted octanol–water partition coefficient (Wildman–Crippen LogP) is 0.653. The van der Waals surface area contributed by atoms with Gasteiger partial charge in [-0.05, 0) is 32.9 Å². The van der Waals surface area contributed by atoms with Crippen LogP contribution in [0.5, 0.6) is 5.75 Å². The Kier molecular flexibility index (Phi) is 8.33. The molecule has 1 aromatic rings. The number of hydrogen-bond acceptors (Lipinski definition) is 10. The van der Waals surface area contributed by atoms with Gasteiger partial charge in [0.2, 0.25) is 6.79 Å². The number of nitrogens with zero attached hydrogens (tertiary/aromatic N) is 3. The molecule has 0 aliphatic carbocycles. The van der Waals surface area contributed by atoms with Gasteiger partial charge in [0.15, 0.2) is 18.0 Å². The Morgan fingerprint density at radius 2 is 1.69 bits per heavy atom. The Labute approximate surface area is 223 Å². The number of hydrogen-bond donors (Lipinski definition) is 0. The zero-order valence-corrected chi connectivity index (χ0v) is 22.5. The topological polar surface area (TPSA) is 157 Å². The van der Waals surface area contributed by atoms with Crippen LogP contribution in [-0.4, -0.2) is 86.4 Å². The van der Waals surface area contributed by atoms with Gasteiger partial charge in [-0.1, -0.05) is 18.2 Å². The number of carbonyl (C=O) groups excluding carboxylic acids is 4. The molecule has 0 aromatic heterocycles. The zero-order chi connectivity index (χ0) is 29.5. The average Bonchev–Trinajstić information content (AvgIpc) is 2.82. The number of benzene rings is 1. The Bertz CT molecular complexity index is 1280. The minimum atomic E-state index is -6.31. The zero-order valence-electron chi connectivity index (χ0n) is 20.9. The Hall–Kier alpha value is -3.25. The summed E-state index contributed by atoms with van der Waals surface area (Å²) in [5.74, 6) is -5.95. The molecule has 2 aliphatic rings. The molecule has 2 aliphatic heterocycles. The van der Waals surface area contributed by atoms with Crippen molar-refractivity contribution in [3.63, 3.8) is 0 Å². The maximum absolute atomic E-state index is 13.4. The lowest BCUT2D eigenvalue weighted by atomic mass is 9.98. The molecule has 0 spiro atoms. The van der Waals surface area contributed by atoms with Gasteiger partial charge >= 0.3 is 27.5 Å². The Morgan fingerprint density at radius 3 is 2.21 bits per heavy atom. The summed E-state index contributed by atoms with van der Waals surface area (Å²) in [5, 5.41) is -1.10. The lowest BCUT2D eigenvalue weighted by Crippen LogP contribution is -2.81. The molecule has 0 N–H and O–H groups in total. The molecule has 3 rings (SSSR count). The van der Waals surface area contributed by atoms with Crippen molar-refractivity contribution in [2.24, 2.45) is 5.41 Å². The number of para-hydroxylation sites is 1. The van der Waals surface area contributed by atoms with Gasteiger partial charge in [-0.15, -0.1) is 4.31 Å². The second kappa shape index (κ2) is 10.7. The van der Waals surface area contributed by atoms with Crippen LogP contribution in [0, 0.1) is 5.41 Å². The van der Waals surface area contributed by atoms with E-state index < -0.39 is 90.1 Å². The van der Waals surface area contributed by atoms with E-state index in [4.69, 9.17) is 14.3 Å². The second-order valence-corrected chi connectivity index (χ2v) is 12.7. The van der Waals surface area contributed by atoms with Crippen LogP contribution in [0.2, 0.25) is 0 Å². The fourth-order valence-corrected chi connectivity index (χ4v) is 6.65. The van der Waals surface area contributed by atoms with E-state index in [0.717, 1.165) is 6.92 Å². The molecule has 39 heavy (non-hydrogen) atoms. The summed E-state index contributed by atoms with van der Waals surface area (Å²) >= 11 is 0. The van der Waals surface area contributed by atoms with E-state index in [9.17, 15) is 45.0 Å². The molecule has 0 bridgehead atoms. The number of hydroxylamine groups is 2. The average molecular weight is 600 g/mol. The normalized spacial score (nSPS) is 23.8. The molecular weight excluding hydrogens is 575 g/mol. The molecule has 216 valence electrons. The van der Waals surface area contributed by atoms with E-state index in [0.29, 0.717) is 9.96 Å². The number of halogens is 3. The molecule has 0 saturated carbocycles. The minimum absolute atomic E-state index is 0.0819. The summed E-state index contributed by atoms with van der Waals surface area (Å²) in [6.07, 6.45) is -2.57. The van der Waals surface area contributed by atoms with Crippen molar-refractivity contribution in [2.75, 3.05) is 12.7 Å². The fraction of sp³-hybridized carbons (Fsp3) is 0.524. The number of sulfonamides is 1. The number of fused-ring (bicyclic) bond motifs is 1. The van der Waals surface area contributed by atoms with Crippen molar-refractivity contribution in [3.8, 4) is 5.75 Å². The van der Waals surface area contributed by atoms with Crippen LogP contribution < -0.4 is 4.84 Å². The van der Waals surface area contributed by atoms with Crippen molar-refractivity contribution in [1.29, 1.82) is 0 Å². The first-order valence-corrected chi connectivity index (χ1v) is 13.9. The number of amides is 2. The van der Waals surface area contributed by atoms with Crippen molar-refractivity contribution < 1.29 is 59.3 Å². The summed E-state index contributed by atoms with van der Waals surface area (Å²) in [6.45, 7) is 4.29. The van der Waals surface area contributed by atoms with E-state index in [2.05, 4.69) is 0 Å². The highest BCUT2D eigenvalue weighted by atomic mass is 32.2. The largest absolute Gasteiger partial charge is 0.511 e. The molecule has 13 nitrogen and oxygen atoms in total. The van der Waals surface area contributed by atoms with Gasteiger partial charge in [0.25, 0.3) is 11.8 Å². The van der Waals surface area contributed by atoms with Crippen molar-refractivity contribution in [3.05, 3.63) is 30.3 Å². The van der Waals surface area contributed by atoms with Crippen LogP contribution in [0.25, 0.3) is 0 Å². The predicted molar refractivity (Wildman–Crippen MR) is 124 cm³/mol. The third kappa shape index (κ3) is 5.86. The second-order valence-electron chi connectivity index (χ2n) is 9.31. The molecule has 2 fully saturated rings. The minimum Gasteiger partial charge on any atom is -0.427 e. The standard InChI is InChI=1S/C21H24F3N3O10S2/c1-12(28)27(37-13-8-6-5-7-9-13)14-16(29)26-15(18(30)35-11-36-19(31)20(2,3)4)25(10-38(32)17(14)26)39(33,34)21(22,23)24/h5-9,14-15,17H,10-11H2,1-4H3. The number of β-lactam (4-membered cyclic amide) rings is 1. The molecule has 2 amide bonds. The van der Waals surface area contributed by atoms with E-state index in [-0.39, 0.29) is 5.75 Å². The number of alkyl halides is 3. The fourth-order valence-electron chi connectivity index (χ4n) is 3.54. The van der Waals surface area contributed by atoms with Crippen LogP contribution in [0.1, 0.15) is 27.7 Å². The molecule has 4 atom stereocenters. The van der Waals surface area contributed by atoms with E-state index in [1.54, 1.807) is 18.2 Å². The van der Waals surface area contributed by atoms with Crippen LogP contribution in [0.3, 0.4) is 0 Å². The third-order valence-electron chi connectivity index (χ3n) is 5.44. The van der Waals surface area contributed by atoms with Crippen LogP contribution in [-0.2, 0) is 49.5 Å². The maximum atomic E-state index is 13.4. The molecule has 2 heterocycles. The SMILES string of the molecule is CC(=O)N(Oc1ccccc1)C1C(=O)N2C(C(=O)OCOC(=O)C(C)(C)C)N(S(=O)(=O)C(F)(F)F)CS(=O)C12. The lowest BCUT2D eigenvalue weighted by Gasteiger charge is -2.55. The van der Waals surface area contributed by atoms with Gasteiger partial charge in [-0.3, -0.25) is 23.5 Å². The van der Waals surface area contributed by atoms with E-state index >= 15 is 0 Å². The van der Waals surface area contributed by atoms with E-state index in [1.165, 1.54) is 32.9 Å². The van der Waals surface area contributed by atoms with E-state index in [1.807, 2.05) is 0 Å². The summed E-state index contributed by atoms with van der Waals surface area (Å²) in [4.78, 5) is 56.0. The molecule has 0 radical (unpaired) electrons. The first-order valence-electron chi connectivity index (χ1n) is 11.0. The lowest BCUT2D eigenvalue weighted by molar-refractivity contribution is -0.203. The number of rotatable bonds is 7. The van der Waals surface area contributed by atoms with Crippen molar-refractivity contribution in [1.82, 2.24) is 14.3 Å². The summed E-state index contributed by atoms with van der Waals surface area (Å²) in [7, 11) is -8.88. The van der Waals surface area contributed by atoms with Gasteiger partial charge in [0.05, 0.1) is 22.1 Å². The third-order valence-corrected chi connectivity index (χ3v) is 8.69. The molecule has 1 aromatic carbocycles. The molecule has 18 heteroatoms. The first-order chi connectivity index (χ1) is 17.9. The van der Waals surface area contributed by atoms with Crippen LogP contribution in [0.15, 0.2) is 30.3 Å². The Morgan fingerprint density at radius 1 is 1.10 bits per heavy atom. The first kappa shape index (κ1) is 30.3. The van der Waals surface area contributed by atoms with Gasteiger partial charge in [-0.2, -0.15) is 18.2 Å². The Balaban J connectivity index is 1.94. The number of esters is 2. The van der Waals surface area contributed by atoms with Crippen molar-refractivity contribution in [2.45, 2.75) is 50.8 Å². The van der Waals surface area contributed by atoms with Crippen LogP contribution >= 0.6 is 0 Å². The quantitative estimate of drug-likeness (QED) is 0.189. The monoisotopic (exact) mass is 599 g/mol. The van der Waals surface area contributed by atoms with Crippen molar-refractivity contribution >= 4 is 44.6 Å². The highest BCUT2D eigenvalue weighted by Crippen LogP contribution is 2.40. The highest BCUT2D eigenvalue weighted by molar-refractivity contribution is 7.92. The molecule has 4 unspecified atom stereocenters. The molecule has 2 saturated heterocycles. The molecular formula is C21H24F3N3O10S2. The summed E-state index contributed by atoms with van der Waals surface area (Å²) < 4.78 is 86.8. The van der Waals surface area contributed by atoms with Crippen LogP contribution in [0.4, 0.5) is 13.2 Å². The number of ether oxygens (including phenoxy) is 2. The summed E-state index contributed by atoms with van der Waals surface area (Å²) in [6, 6.07) is 5.88. The van der Waals surface area contributed by atoms with Gasteiger partial charge < -0.3 is 14.3 Å². The maximum Gasteiger partial charge on any atom is 0.511 e. The van der Waals surface area contributed by atoms with Gasteiger partial charge in [0, 0.05) is 6.92 Å². The highest BCUT2D eigenvalue weighted by Gasteiger charge is 2.67. The smallest absolute Gasteiger partial charge is 0.427 e. The summed E-state index contributed by atoms with van der Waals surface area (Å²) in [5.41, 5.74) is -6.98. The van der Waals surface area contributed by atoms with Gasteiger partial charge in [0.1, 0.15) is 5.37 Å². The number of carbonyl (C=O) groups is 4. The van der Waals surface area contributed by atoms with Gasteiger partial charge in [-0.25, -0.2) is 13.2 Å².